The van der Waals surface area contributed by atoms with Gasteiger partial charge >= 0.3 is 6.18 Å². The Morgan fingerprint density at radius 3 is 1.94 bits per heavy atom. The van der Waals surface area contributed by atoms with Gasteiger partial charge in [-0.25, -0.2) is 0 Å². The molecular weight excluding hydrogens is 227 g/mol. The molecule has 17 heavy (non-hydrogen) atoms. The molecule has 0 radical (unpaired) electrons. The Kier molecular flexibility index (Phi) is 4.17. The van der Waals surface area contributed by atoms with Gasteiger partial charge in [0.25, 0.3) is 0 Å². The van der Waals surface area contributed by atoms with Crippen LogP contribution in [-0.4, -0.2) is 11.7 Å². The summed E-state index contributed by atoms with van der Waals surface area (Å²) < 4.78 is 37.6. The van der Waals surface area contributed by atoms with Gasteiger partial charge in [-0.2, -0.15) is 13.2 Å². The molecule has 1 rings (SSSR count). The van der Waals surface area contributed by atoms with Crippen molar-refractivity contribution in [1.82, 2.24) is 0 Å². The van der Waals surface area contributed by atoms with Crippen molar-refractivity contribution in [2.45, 2.75) is 71.0 Å². The van der Waals surface area contributed by atoms with Crippen LogP contribution in [0.5, 0.6) is 0 Å². The predicted molar refractivity (Wildman–Crippen MR) is 63.6 cm³/mol. The van der Waals surface area contributed by atoms with E-state index in [0.29, 0.717) is 12.8 Å². The van der Waals surface area contributed by atoms with Crippen LogP contribution in [0.25, 0.3) is 0 Å². The van der Waals surface area contributed by atoms with Gasteiger partial charge < -0.3 is 5.73 Å². The molecule has 0 unspecified atom stereocenters. The summed E-state index contributed by atoms with van der Waals surface area (Å²) in [5.74, 6) is -1.13. The molecule has 2 N–H and O–H groups in total. The number of alkyl halides is 3. The Morgan fingerprint density at radius 2 is 1.59 bits per heavy atom. The van der Waals surface area contributed by atoms with Crippen molar-refractivity contribution in [2.24, 2.45) is 17.1 Å². The molecule has 0 aliphatic heterocycles. The maximum atomic E-state index is 12.5. The number of nitrogens with two attached hydrogens (primary N) is 1. The van der Waals surface area contributed by atoms with E-state index >= 15 is 0 Å². The molecule has 1 aliphatic carbocycles. The largest absolute Gasteiger partial charge is 0.391 e. The minimum Gasteiger partial charge on any atom is -0.325 e. The zero-order chi connectivity index (χ0) is 13.3. The third kappa shape index (κ3) is 4.86. The van der Waals surface area contributed by atoms with Crippen LogP contribution in [0.1, 0.15) is 59.3 Å². The Morgan fingerprint density at radius 1 is 1.12 bits per heavy atom. The van der Waals surface area contributed by atoms with Gasteiger partial charge in [-0.05, 0) is 43.9 Å². The van der Waals surface area contributed by atoms with E-state index in [1.807, 2.05) is 0 Å². The van der Waals surface area contributed by atoms with Crippen LogP contribution in [0, 0.1) is 11.3 Å². The highest BCUT2D eigenvalue weighted by atomic mass is 19.4. The zero-order valence-electron chi connectivity index (χ0n) is 11.0. The fourth-order valence-corrected chi connectivity index (χ4v) is 2.39. The molecule has 0 heterocycles. The molecule has 0 saturated heterocycles. The average molecular weight is 251 g/mol. The lowest BCUT2D eigenvalue weighted by molar-refractivity contribution is -0.184. The standard InChI is InChI=1S/C13H24F3N/c1-11(2,3)8-9-12(17)6-4-10(5-7-12)13(14,15)16/h10H,4-9,17H2,1-3H3. The van der Waals surface area contributed by atoms with Crippen molar-refractivity contribution >= 4 is 0 Å². The van der Waals surface area contributed by atoms with Crippen LogP contribution in [0.15, 0.2) is 0 Å². The third-order valence-electron chi connectivity index (χ3n) is 3.82. The molecule has 0 aromatic rings. The fraction of sp³-hybridized carbons (Fsp3) is 1.00. The molecule has 102 valence electrons. The summed E-state index contributed by atoms with van der Waals surface area (Å²) in [6, 6.07) is 0. The highest BCUT2D eigenvalue weighted by Crippen LogP contribution is 2.42. The van der Waals surface area contributed by atoms with E-state index in [1.165, 1.54) is 0 Å². The van der Waals surface area contributed by atoms with Gasteiger partial charge in [-0.1, -0.05) is 20.8 Å². The summed E-state index contributed by atoms with van der Waals surface area (Å²) in [6.45, 7) is 6.41. The summed E-state index contributed by atoms with van der Waals surface area (Å²) in [5.41, 5.74) is 6.04. The molecule has 1 nitrogen and oxygen atoms in total. The number of hydrogen-bond donors (Lipinski definition) is 1. The first-order chi connectivity index (χ1) is 7.52. The van der Waals surface area contributed by atoms with E-state index in [1.54, 1.807) is 0 Å². The first-order valence-electron chi connectivity index (χ1n) is 6.38. The molecule has 0 aromatic heterocycles. The summed E-state index contributed by atoms with van der Waals surface area (Å²) in [5, 5.41) is 0. The van der Waals surface area contributed by atoms with Crippen molar-refractivity contribution < 1.29 is 13.2 Å². The smallest absolute Gasteiger partial charge is 0.325 e. The van der Waals surface area contributed by atoms with Crippen LogP contribution < -0.4 is 5.73 Å². The van der Waals surface area contributed by atoms with Crippen molar-refractivity contribution in [2.75, 3.05) is 0 Å². The van der Waals surface area contributed by atoms with Crippen molar-refractivity contribution in [1.29, 1.82) is 0 Å². The highest BCUT2D eigenvalue weighted by Gasteiger charge is 2.44. The molecule has 1 saturated carbocycles. The molecule has 0 amide bonds. The van der Waals surface area contributed by atoms with E-state index in [-0.39, 0.29) is 23.8 Å². The van der Waals surface area contributed by atoms with E-state index < -0.39 is 12.1 Å². The number of halogens is 3. The van der Waals surface area contributed by atoms with Crippen LogP contribution in [0.2, 0.25) is 0 Å². The molecule has 4 heteroatoms. The second kappa shape index (κ2) is 4.79. The summed E-state index contributed by atoms with van der Waals surface area (Å²) in [6.07, 6.45) is -0.818. The predicted octanol–water partition coefficient (Wildman–Crippen LogP) is 4.26. The summed E-state index contributed by atoms with van der Waals surface area (Å²) >= 11 is 0. The monoisotopic (exact) mass is 251 g/mol. The molecule has 0 spiro atoms. The maximum absolute atomic E-state index is 12.5. The second-order valence-corrected chi connectivity index (χ2v) is 6.74. The lowest BCUT2D eigenvalue weighted by Crippen LogP contribution is -2.45. The molecule has 1 fully saturated rings. The van der Waals surface area contributed by atoms with Gasteiger partial charge in [-0.15, -0.1) is 0 Å². The second-order valence-electron chi connectivity index (χ2n) is 6.74. The first-order valence-corrected chi connectivity index (χ1v) is 6.38. The Hall–Kier alpha value is -0.250. The minimum absolute atomic E-state index is 0.199. The van der Waals surface area contributed by atoms with Crippen molar-refractivity contribution in [3.63, 3.8) is 0 Å². The van der Waals surface area contributed by atoms with E-state index in [9.17, 15) is 13.2 Å². The third-order valence-corrected chi connectivity index (χ3v) is 3.82. The van der Waals surface area contributed by atoms with Gasteiger partial charge in [0, 0.05) is 5.54 Å². The minimum atomic E-state index is -4.04. The topological polar surface area (TPSA) is 26.0 Å². The Labute approximate surface area is 102 Å². The van der Waals surface area contributed by atoms with E-state index in [4.69, 9.17) is 5.73 Å². The maximum Gasteiger partial charge on any atom is 0.391 e. The highest BCUT2D eigenvalue weighted by molar-refractivity contribution is 4.92. The molecule has 0 bridgehead atoms. The Bertz CT molecular complexity index is 244. The van der Waals surface area contributed by atoms with E-state index in [2.05, 4.69) is 20.8 Å². The van der Waals surface area contributed by atoms with Gasteiger partial charge in [0.15, 0.2) is 0 Å². The van der Waals surface area contributed by atoms with E-state index in [0.717, 1.165) is 12.8 Å². The quantitative estimate of drug-likeness (QED) is 0.779. The zero-order valence-corrected chi connectivity index (χ0v) is 11.0. The molecule has 1 aliphatic rings. The van der Waals surface area contributed by atoms with Crippen LogP contribution in [0.4, 0.5) is 13.2 Å². The lowest BCUT2D eigenvalue weighted by Gasteiger charge is -2.39. The summed E-state index contributed by atoms with van der Waals surface area (Å²) in [7, 11) is 0. The van der Waals surface area contributed by atoms with Crippen LogP contribution in [0.3, 0.4) is 0 Å². The normalized spacial score (nSPS) is 31.6. The number of rotatable bonds is 2. The molecule has 0 atom stereocenters. The number of hydrogen-bond acceptors (Lipinski definition) is 1. The first kappa shape index (κ1) is 14.8. The van der Waals surface area contributed by atoms with Gasteiger partial charge in [-0.3, -0.25) is 0 Å². The van der Waals surface area contributed by atoms with Crippen molar-refractivity contribution in [3.05, 3.63) is 0 Å². The van der Waals surface area contributed by atoms with Crippen LogP contribution >= 0.6 is 0 Å². The van der Waals surface area contributed by atoms with Gasteiger partial charge in [0.2, 0.25) is 0 Å². The molecule has 0 aromatic carbocycles. The fourth-order valence-electron chi connectivity index (χ4n) is 2.39. The Balaban J connectivity index is 2.44. The lowest BCUT2D eigenvalue weighted by atomic mass is 9.72. The van der Waals surface area contributed by atoms with Crippen molar-refractivity contribution in [3.8, 4) is 0 Å². The van der Waals surface area contributed by atoms with Crippen LogP contribution in [-0.2, 0) is 0 Å². The van der Waals surface area contributed by atoms with Gasteiger partial charge in [0.1, 0.15) is 0 Å². The average Bonchev–Trinajstić information content (AvgIpc) is 2.13. The SMILES string of the molecule is CC(C)(C)CCC1(N)CCC(C(F)(F)F)CC1. The van der Waals surface area contributed by atoms with Gasteiger partial charge in [0.05, 0.1) is 5.92 Å². The molecular formula is C13H24F3N. The summed E-state index contributed by atoms with van der Waals surface area (Å²) in [4.78, 5) is 0.